The van der Waals surface area contributed by atoms with Gasteiger partial charge in [-0.2, -0.15) is 18.4 Å². The molecular weight excluding hydrogens is 564 g/mol. The highest BCUT2D eigenvalue weighted by Crippen LogP contribution is 2.38. The maximum atomic E-state index is 13.8. The van der Waals surface area contributed by atoms with Crippen LogP contribution >= 0.6 is 0 Å². The second-order valence-corrected chi connectivity index (χ2v) is 10.2. The van der Waals surface area contributed by atoms with E-state index in [1.54, 1.807) is 45.2 Å². The normalized spacial score (nSPS) is 12.3. The molecule has 0 aliphatic heterocycles. The van der Waals surface area contributed by atoms with E-state index < -0.39 is 29.2 Å². The van der Waals surface area contributed by atoms with Crippen molar-refractivity contribution in [3.63, 3.8) is 0 Å². The van der Waals surface area contributed by atoms with Gasteiger partial charge in [0.15, 0.2) is 11.6 Å². The van der Waals surface area contributed by atoms with Crippen LogP contribution in [0.15, 0.2) is 70.5 Å². The summed E-state index contributed by atoms with van der Waals surface area (Å²) in [5, 5.41) is 12.9. The number of fused-ring (bicyclic) bond motifs is 1. The second kappa shape index (κ2) is 10.8. The standard InChI is InChI=1S/C31H24F4N6O2/c1-16-9-20(17(2)39-25-7-5-18(13-36)11-23(25)31(33,34)35)21-12-27(41(4)29(42)22(21)10-16)19-14-37-28(38-15-19)26-8-6-24(32)30(43)40(26)3/h5-12,14-15,17,39H,1-4H3/t17-/m1/s1. The Morgan fingerprint density at radius 1 is 0.907 bits per heavy atom. The van der Waals surface area contributed by atoms with Gasteiger partial charge < -0.3 is 14.5 Å². The number of aromatic nitrogens is 4. The molecule has 1 N–H and O–H groups in total. The van der Waals surface area contributed by atoms with Crippen LogP contribution in [0.2, 0.25) is 0 Å². The van der Waals surface area contributed by atoms with Crippen LogP contribution < -0.4 is 16.4 Å². The highest BCUT2D eigenvalue weighted by Gasteiger charge is 2.34. The lowest BCUT2D eigenvalue weighted by atomic mass is 9.96. The molecule has 8 nitrogen and oxygen atoms in total. The number of hydrogen-bond donors (Lipinski definition) is 1. The van der Waals surface area contributed by atoms with Gasteiger partial charge in [0.1, 0.15) is 0 Å². The van der Waals surface area contributed by atoms with Gasteiger partial charge in [-0.15, -0.1) is 0 Å². The lowest BCUT2D eigenvalue weighted by molar-refractivity contribution is -0.137. The number of hydrogen-bond acceptors (Lipinski definition) is 6. The Bertz CT molecular complexity index is 2060. The first kappa shape index (κ1) is 29.2. The Hall–Kier alpha value is -5.31. The SMILES string of the molecule is Cc1cc([C@@H](C)Nc2ccc(C#N)cc2C(F)(F)F)c2cc(-c3cnc(-c4ccc(F)c(=O)n4C)nc3)n(C)c(=O)c2c1. The lowest BCUT2D eigenvalue weighted by Crippen LogP contribution is -2.22. The van der Waals surface area contributed by atoms with Crippen LogP contribution in [0.4, 0.5) is 23.2 Å². The number of pyridine rings is 2. The number of aryl methyl sites for hydroxylation is 1. The predicted molar refractivity (Wildman–Crippen MR) is 154 cm³/mol. The van der Waals surface area contributed by atoms with E-state index in [1.807, 2.05) is 0 Å². The van der Waals surface area contributed by atoms with Gasteiger partial charge in [0.2, 0.25) is 0 Å². The van der Waals surface area contributed by atoms with Gasteiger partial charge in [-0.25, -0.2) is 14.4 Å². The smallest absolute Gasteiger partial charge is 0.378 e. The summed E-state index contributed by atoms with van der Waals surface area (Å²) in [7, 11) is 2.99. The molecule has 3 aromatic heterocycles. The van der Waals surface area contributed by atoms with Crippen molar-refractivity contribution in [2.24, 2.45) is 14.1 Å². The molecule has 43 heavy (non-hydrogen) atoms. The van der Waals surface area contributed by atoms with Gasteiger partial charge in [0, 0.05) is 49.2 Å². The van der Waals surface area contributed by atoms with E-state index in [9.17, 15) is 27.2 Å². The first-order valence-corrected chi connectivity index (χ1v) is 13.0. The summed E-state index contributed by atoms with van der Waals surface area (Å²) < 4.78 is 57.7. The molecule has 0 spiro atoms. The van der Waals surface area contributed by atoms with Crippen LogP contribution in [0, 0.1) is 24.1 Å². The molecule has 0 aliphatic rings. The summed E-state index contributed by atoms with van der Waals surface area (Å²) in [6.07, 6.45) is -1.75. The lowest BCUT2D eigenvalue weighted by Gasteiger charge is -2.22. The van der Waals surface area contributed by atoms with Gasteiger partial charge >= 0.3 is 6.18 Å². The monoisotopic (exact) mass is 588 g/mol. The highest BCUT2D eigenvalue weighted by molar-refractivity contribution is 5.89. The van der Waals surface area contributed by atoms with Crippen LogP contribution in [0.1, 0.15) is 35.2 Å². The fourth-order valence-corrected chi connectivity index (χ4v) is 5.03. The van der Waals surface area contributed by atoms with Gasteiger partial charge in [-0.1, -0.05) is 6.07 Å². The van der Waals surface area contributed by atoms with Crippen LogP contribution in [0.25, 0.3) is 33.5 Å². The van der Waals surface area contributed by atoms with Gasteiger partial charge in [0.25, 0.3) is 11.1 Å². The van der Waals surface area contributed by atoms with E-state index in [0.717, 1.165) is 22.3 Å². The van der Waals surface area contributed by atoms with Gasteiger partial charge in [0.05, 0.1) is 28.6 Å². The second-order valence-electron chi connectivity index (χ2n) is 10.2. The molecule has 0 bridgehead atoms. The molecule has 5 rings (SSSR count). The maximum absolute atomic E-state index is 13.8. The van der Waals surface area contributed by atoms with Gasteiger partial charge in [-0.05, 0) is 72.8 Å². The van der Waals surface area contributed by atoms with Gasteiger partial charge in [-0.3, -0.25) is 9.59 Å². The molecule has 0 amide bonds. The van der Waals surface area contributed by atoms with Crippen LogP contribution in [-0.2, 0) is 20.3 Å². The van der Waals surface area contributed by atoms with Crippen molar-refractivity contribution in [1.82, 2.24) is 19.1 Å². The molecule has 0 radical (unpaired) electrons. The zero-order valence-corrected chi connectivity index (χ0v) is 23.4. The number of halogens is 4. The Morgan fingerprint density at radius 3 is 2.23 bits per heavy atom. The molecular formula is C31H24F4N6O2. The van der Waals surface area contributed by atoms with Crippen molar-refractivity contribution in [3.8, 4) is 28.8 Å². The number of rotatable bonds is 5. The Balaban J connectivity index is 1.60. The summed E-state index contributed by atoms with van der Waals surface area (Å²) in [5.74, 6) is -0.733. The topological polar surface area (TPSA) is 106 Å². The number of nitriles is 1. The van der Waals surface area contributed by atoms with Crippen molar-refractivity contribution in [2.75, 3.05) is 5.32 Å². The summed E-state index contributed by atoms with van der Waals surface area (Å²) in [6, 6.07) is 12.1. The number of nitrogens with one attached hydrogen (secondary N) is 1. The zero-order chi connectivity index (χ0) is 31.2. The van der Waals surface area contributed by atoms with E-state index in [2.05, 4.69) is 15.3 Å². The number of anilines is 1. The van der Waals surface area contributed by atoms with E-state index in [4.69, 9.17) is 5.26 Å². The Morgan fingerprint density at radius 2 is 1.58 bits per heavy atom. The molecule has 12 heteroatoms. The van der Waals surface area contributed by atoms with E-state index in [-0.39, 0.29) is 22.6 Å². The molecule has 0 unspecified atom stereocenters. The molecule has 3 heterocycles. The average Bonchev–Trinajstić information content (AvgIpc) is 2.97. The van der Waals surface area contributed by atoms with Crippen LogP contribution in [-0.4, -0.2) is 19.1 Å². The molecule has 0 saturated carbocycles. The number of benzene rings is 2. The predicted octanol–water partition coefficient (Wildman–Crippen LogP) is 5.87. The number of alkyl halides is 3. The van der Waals surface area contributed by atoms with Crippen LogP contribution in [0.3, 0.4) is 0 Å². The fraction of sp³-hybridized carbons (Fsp3) is 0.194. The van der Waals surface area contributed by atoms with E-state index in [0.29, 0.717) is 33.3 Å². The first-order chi connectivity index (χ1) is 20.3. The third-order valence-corrected chi connectivity index (χ3v) is 7.26. The minimum atomic E-state index is -4.70. The van der Waals surface area contributed by atoms with E-state index >= 15 is 0 Å². The summed E-state index contributed by atoms with van der Waals surface area (Å²) >= 11 is 0. The molecule has 2 aromatic carbocycles. The molecule has 0 aliphatic carbocycles. The first-order valence-electron chi connectivity index (χ1n) is 13.0. The van der Waals surface area contributed by atoms with Crippen molar-refractivity contribution < 1.29 is 17.6 Å². The summed E-state index contributed by atoms with van der Waals surface area (Å²) in [4.78, 5) is 34.2. The third kappa shape index (κ3) is 5.37. The third-order valence-electron chi connectivity index (χ3n) is 7.26. The zero-order valence-electron chi connectivity index (χ0n) is 23.4. The molecule has 1 atom stereocenters. The highest BCUT2D eigenvalue weighted by atomic mass is 19.4. The minimum absolute atomic E-state index is 0.116. The van der Waals surface area contributed by atoms with Crippen LogP contribution in [0.5, 0.6) is 0 Å². The van der Waals surface area contributed by atoms with Crippen molar-refractivity contribution in [3.05, 3.63) is 110 Å². The summed E-state index contributed by atoms with van der Waals surface area (Å²) in [5.41, 5.74) is 0.109. The number of nitrogens with zero attached hydrogens (tertiary/aromatic N) is 5. The van der Waals surface area contributed by atoms with E-state index in [1.165, 1.54) is 42.2 Å². The molecule has 0 fully saturated rings. The largest absolute Gasteiger partial charge is 0.418 e. The van der Waals surface area contributed by atoms with Crippen molar-refractivity contribution in [2.45, 2.75) is 26.1 Å². The molecule has 218 valence electrons. The van der Waals surface area contributed by atoms with Crippen molar-refractivity contribution in [1.29, 1.82) is 5.26 Å². The fourth-order valence-electron chi connectivity index (χ4n) is 5.03. The maximum Gasteiger partial charge on any atom is 0.418 e. The Kier molecular flexibility index (Phi) is 7.35. The molecule has 0 saturated heterocycles. The van der Waals surface area contributed by atoms with Crippen molar-refractivity contribution >= 4 is 16.5 Å². The molecule has 5 aromatic rings. The Labute approximate surface area is 242 Å². The average molecular weight is 589 g/mol. The summed E-state index contributed by atoms with van der Waals surface area (Å²) in [6.45, 7) is 3.48. The minimum Gasteiger partial charge on any atom is -0.378 e. The quantitative estimate of drug-likeness (QED) is 0.258.